The van der Waals surface area contributed by atoms with Crippen LogP contribution in [-0.4, -0.2) is 100 Å². The summed E-state index contributed by atoms with van der Waals surface area (Å²) in [6.45, 7) is 4.49. The Balaban J connectivity index is 0.909. The normalized spacial score (nSPS) is 17.8. The van der Waals surface area contributed by atoms with Crippen molar-refractivity contribution in [2.24, 2.45) is 0 Å². The van der Waals surface area contributed by atoms with Crippen LogP contribution in [-0.2, 0) is 34.0 Å². The molecule has 0 radical (unpaired) electrons. The molecule has 18 nitrogen and oxygen atoms in total. The van der Waals surface area contributed by atoms with Crippen LogP contribution in [0.1, 0.15) is 76.8 Å². The first-order chi connectivity index (χ1) is 30.2. The summed E-state index contributed by atoms with van der Waals surface area (Å²) in [4.78, 5) is 80.1. The third-order valence-electron chi connectivity index (χ3n) is 11.6. The Morgan fingerprint density at radius 2 is 1.73 bits per heavy atom. The molecule has 5 amide bonds. The monoisotopic (exact) mass is 862 g/mol. The minimum Gasteiger partial charge on any atom is -0.508 e. The lowest BCUT2D eigenvalue weighted by Crippen LogP contribution is -2.52. The number of anilines is 1. The van der Waals surface area contributed by atoms with E-state index in [2.05, 4.69) is 20.8 Å². The van der Waals surface area contributed by atoms with Crippen molar-refractivity contribution in [1.29, 1.82) is 0 Å². The Kier molecular flexibility index (Phi) is 11.4. The number of amides is 5. The van der Waals surface area contributed by atoms with Crippen LogP contribution in [0.2, 0.25) is 0 Å². The maximum Gasteiger partial charge on any atom is 0.411 e. The van der Waals surface area contributed by atoms with E-state index in [9.17, 15) is 44.1 Å². The molecule has 4 aromatic carbocycles. The van der Waals surface area contributed by atoms with E-state index in [0.717, 1.165) is 4.57 Å². The minimum absolute atomic E-state index is 0.0235. The number of piperazine rings is 1. The molecule has 2 fully saturated rings. The third kappa shape index (κ3) is 8.41. The van der Waals surface area contributed by atoms with Gasteiger partial charge in [0, 0.05) is 67.6 Å². The molecule has 8 rings (SSSR count). The van der Waals surface area contributed by atoms with E-state index in [1.807, 2.05) is 18.7 Å². The number of phenolic OH excluding ortho intramolecular Hbond substituents is 2. The molecule has 6 N–H and O–H groups in total. The lowest BCUT2D eigenvalue weighted by Gasteiger charge is -2.40. The molecule has 326 valence electrons. The van der Waals surface area contributed by atoms with Crippen LogP contribution >= 0.6 is 0 Å². The quantitative estimate of drug-likeness (QED) is 0.102. The number of carboxylic acid groups (broad SMARTS) is 1. The van der Waals surface area contributed by atoms with Crippen molar-refractivity contribution in [2.45, 2.75) is 64.4 Å². The number of halogens is 1. The van der Waals surface area contributed by atoms with Crippen LogP contribution in [0.25, 0.3) is 17.1 Å². The molecule has 1 aromatic heterocycles. The van der Waals surface area contributed by atoms with Gasteiger partial charge in [-0.2, -0.15) is 5.10 Å². The SMILES string of the molecule is CC(C)c1cc(-c2n[nH]c(=O)n2-c2ccc(CN3CCN(C(=O)O)C(c4ccc(COC(=O)Nc5cccc6c5CN(C5CCC(=O)NC5=O)C6=O)cc4)C3)c(F)c2)c(O)cc1O. The average molecular weight is 863 g/mol. The van der Waals surface area contributed by atoms with Crippen molar-refractivity contribution in [3.63, 3.8) is 0 Å². The molecular formula is C44H43FN8O10. The number of rotatable bonds is 10. The second kappa shape index (κ2) is 17.1. The maximum atomic E-state index is 15.8. The highest BCUT2D eigenvalue weighted by Crippen LogP contribution is 2.38. The molecule has 0 aliphatic carbocycles. The van der Waals surface area contributed by atoms with Crippen LogP contribution < -0.4 is 16.3 Å². The summed E-state index contributed by atoms with van der Waals surface area (Å²) in [6, 6.07) is 17.3. The highest BCUT2D eigenvalue weighted by Gasteiger charge is 2.40. The van der Waals surface area contributed by atoms with Gasteiger partial charge in [0.25, 0.3) is 5.91 Å². The average Bonchev–Trinajstić information content (AvgIpc) is 3.80. The number of benzene rings is 4. The molecular weight excluding hydrogens is 820 g/mol. The second-order valence-electron chi connectivity index (χ2n) is 15.9. The number of fused-ring (bicyclic) bond motifs is 1. The van der Waals surface area contributed by atoms with Gasteiger partial charge in [-0.05, 0) is 59.4 Å². The fourth-order valence-electron chi connectivity index (χ4n) is 8.33. The van der Waals surface area contributed by atoms with Gasteiger partial charge in [-0.3, -0.25) is 34.8 Å². The highest BCUT2D eigenvalue weighted by atomic mass is 19.1. The number of carbonyl (C=O) groups is 5. The fourth-order valence-corrected chi connectivity index (χ4v) is 8.33. The molecule has 0 saturated carbocycles. The van der Waals surface area contributed by atoms with Crippen molar-refractivity contribution in [1.82, 2.24) is 34.8 Å². The van der Waals surface area contributed by atoms with Gasteiger partial charge in [-0.1, -0.05) is 50.2 Å². The summed E-state index contributed by atoms with van der Waals surface area (Å²) < 4.78 is 22.4. The number of nitrogens with zero attached hydrogens (tertiary/aromatic N) is 5. The van der Waals surface area contributed by atoms with Crippen LogP contribution in [0.5, 0.6) is 11.5 Å². The summed E-state index contributed by atoms with van der Waals surface area (Å²) in [7, 11) is 0. The van der Waals surface area contributed by atoms with E-state index in [4.69, 9.17) is 4.74 Å². The molecule has 3 aliphatic heterocycles. The molecule has 2 atom stereocenters. The Morgan fingerprint density at radius 1 is 0.952 bits per heavy atom. The second-order valence-corrected chi connectivity index (χ2v) is 15.9. The standard InChI is InChI=1S/C44H43FN8O10/c1-23(2)29-17-30(37(55)18-36(29)54)39-48-49-42(59)53(39)27-11-10-26(32(45)16-27)19-50-14-15-51(44(61)62)35(21-50)25-8-6-24(7-9-25)22-63-43(60)46-33-5-3-4-28-31(33)20-52(41(28)58)34-12-13-38(56)47-40(34)57/h3-11,16-18,23,34-35,54-55H,12-15,19-22H2,1-2H3,(H,46,60)(H,49,59)(H,61,62)(H,47,56,57). The zero-order valence-corrected chi connectivity index (χ0v) is 34.1. The summed E-state index contributed by atoms with van der Waals surface area (Å²) >= 11 is 0. The predicted octanol–water partition coefficient (Wildman–Crippen LogP) is 4.95. The summed E-state index contributed by atoms with van der Waals surface area (Å²) in [5.74, 6) is -2.44. The first kappa shape index (κ1) is 42.2. The number of ether oxygens (including phenoxy) is 1. The number of aromatic hydroxyl groups is 2. The Bertz CT molecular complexity index is 2720. The largest absolute Gasteiger partial charge is 0.508 e. The Labute approximate surface area is 358 Å². The number of H-pyrrole nitrogens is 1. The van der Waals surface area contributed by atoms with E-state index >= 15 is 4.39 Å². The number of aromatic nitrogens is 3. The molecule has 4 heterocycles. The van der Waals surface area contributed by atoms with Crippen molar-refractivity contribution in [2.75, 3.05) is 25.0 Å². The van der Waals surface area contributed by atoms with Gasteiger partial charge in [-0.15, -0.1) is 0 Å². The lowest BCUT2D eigenvalue weighted by atomic mass is 9.98. The molecule has 0 spiro atoms. The summed E-state index contributed by atoms with van der Waals surface area (Å²) in [5, 5.41) is 42.4. The van der Waals surface area contributed by atoms with Crippen molar-refractivity contribution >= 4 is 35.6 Å². The number of phenols is 2. The van der Waals surface area contributed by atoms with Crippen LogP contribution in [0, 0.1) is 5.82 Å². The van der Waals surface area contributed by atoms with Gasteiger partial charge in [0.2, 0.25) is 11.8 Å². The van der Waals surface area contributed by atoms with E-state index < -0.39 is 47.6 Å². The smallest absolute Gasteiger partial charge is 0.411 e. The number of aromatic amines is 1. The zero-order chi connectivity index (χ0) is 44.7. The lowest BCUT2D eigenvalue weighted by molar-refractivity contribution is -0.136. The molecule has 0 bridgehead atoms. The third-order valence-corrected chi connectivity index (χ3v) is 11.6. The highest BCUT2D eigenvalue weighted by molar-refractivity contribution is 6.06. The summed E-state index contributed by atoms with van der Waals surface area (Å²) in [5.41, 5.74) is 2.96. The van der Waals surface area contributed by atoms with E-state index in [-0.39, 0.29) is 86.0 Å². The maximum absolute atomic E-state index is 15.8. The Hall–Kier alpha value is -7.54. The van der Waals surface area contributed by atoms with Crippen LogP contribution in [0.3, 0.4) is 0 Å². The van der Waals surface area contributed by atoms with Crippen molar-refractivity contribution in [3.05, 3.63) is 122 Å². The van der Waals surface area contributed by atoms with Gasteiger partial charge in [-0.25, -0.2) is 28.4 Å². The fraction of sp³-hybridized carbons (Fsp3) is 0.295. The first-order valence-electron chi connectivity index (χ1n) is 20.2. The van der Waals surface area contributed by atoms with E-state index in [1.165, 1.54) is 34.1 Å². The number of carbonyl (C=O) groups excluding carboxylic acids is 4. The number of imide groups is 1. The summed E-state index contributed by atoms with van der Waals surface area (Å²) in [6.07, 6.45) is -1.58. The first-order valence-corrected chi connectivity index (χ1v) is 20.2. The molecule has 2 unspecified atom stereocenters. The molecule has 2 saturated heterocycles. The minimum atomic E-state index is -1.12. The van der Waals surface area contributed by atoms with Crippen molar-refractivity contribution in [3.8, 4) is 28.6 Å². The topological polar surface area (TPSA) is 240 Å². The van der Waals surface area contributed by atoms with Gasteiger partial charge in [0.1, 0.15) is 30.0 Å². The van der Waals surface area contributed by atoms with Gasteiger partial charge in [0.15, 0.2) is 5.82 Å². The number of hydrogen-bond donors (Lipinski definition) is 6. The molecule has 19 heteroatoms. The number of piperidine rings is 1. The van der Waals surface area contributed by atoms with Crippen LogP contribution in [0.4, 0.5) is 19.7 Å². The van der Waals surface area contributed by atoms with Crippen molar-refractivity contribution < 1.29 is 48.4 Å². The van der Waals surface area contributed by atoms with Gasteiger partial charge >= 0.3 is 17.9 Å². The number of hydrogen-bond acceptors (Lipinski definition) is 11. The van der Waals surface area contributed by atoms with E-state index in [0.29, 0.717) is 45.6 Å². The molecule has 3 aliphatic rings. The molecule has 63 heavy (non-hydrogen) atoms. The predicted molar refractivity (Wildman–Crippen MR) is 222 cm³/mol. The molecule has 5 aromatic rings. The van der Waals surface area contributed by atoms with Gasteiger partial charge in [0.05, 0.1) is 17.3 Å². The van der Waals surface area contributed by atoms with Crippen LogP contribution in [0.15, 0.2) is 77.6 Å². The van der Waals surface area contributed by atoms with Gasteiger partial charge < -0.3 is 25.0 Å². The number of nitrogens with one attached hydrogen (secondary N) is 3. The Morgan fingerprint density at radius 3 is 2.44 bits per heavy atom. The van der Waals surface area contributed by atoms with E-state index in [1.54, 1.807) is 48.5 Å². The zero-order valence-electron chi connectivity index (χ0n) is 34.1.